The molecule has 168 valence electrons. The standard InChI is InChI=1S/C22H24ClN5O3S/c1-13-4-5-15(10-16(13)23)25-17(29)11-28-12-24-20-18(21(28)30)14(2)19(32-20)22(31)27-8-6-26(3)7-9-27/h4-5,10,12H,6-9,11H2,1-3H3,(H,25,29)/p+1. The molecule has 1 saturated heterocycles. The zero-order chi connectivity index (χ0) is 23.0. The number of likely N-dealkylation sites (N-methyl/N-ethyl adjacent to an activating group) is 1. The number of carbonyl (C=O) groups excluding carboxylic acids is 2. The highest BCUT2D eigenvalue weighted by molar-refractivity contribution is 7.20. The van der Waals surface area contributed by atoms with Crippen LogP contribution in [0.1, 0.15) is 20.8 Å². The first kappa shape index (κ1) is 22.4. The van der Waals surface area contributed by atoms with E-state index in [1.807, 2.05) is 17.9 Å². The third-order valence-corrected chi connectivity index (χ3v) is 7.38. The van der Waals surface area contributed by atoms with Gasteiger partial charge in [0.2, 0.25) is 5.91 Å². The molecular weight excluding hydrogens is 450 g/mol. The number of piperazine rings is 1. The zero-order valence-electron chi connectivity index (χ0n) is 18.2. The smallest absolute Gasteiger partial charge is 0.264 e. The Balaban J connectivity index is 1.56. The largest absolute Gasteiger partial charge is 0.334 e. The van der Waals surface area contributed by atoms with Gasteiger partial charge < -0.3 is 15.1 Å². The van der Waals surface area contributed by atoms with Gasteiger partial charge in [-0.2, -0.15) is 0 Å². The lowest BCUT2D eigenvalue weighted by molar-refractivity contribution is -0.883. The number of aromatic nitrogens is 2. The third-order valence-electron chi connectivity index (χ3n) is 5.79. The summed E-state index contributed by atoms with van der Waals surface area (Å²) in [4.78, 5) is 47.3. The number of carbonyl (C=O) groups is 2. The van der Waals surface area contributed by atoms with Crippen LogP contribution in [0.15, 0.2) is 29.3 Å². The molecule has 2 amide bonds. The van der Waals surface area contributed by atoms with Crippen LogP contribution in [0, 0.1) is 13.8 Å². The van der Waals surface area contributed by atoms with Gasteiger partial charge in [-0.15, -0.1) is 11.3 Å². The van der Waals surface area contributed by atoms with Crippen molar-refractivity contribution in [2.24, 2.45) is 0 Å². The number of nitrogens with zero attached hydrogens (tertiary/aromatic N) is 3. The van der Waals surface area contributed by atoms with Gasteiger partial charge in [0.15, 0.2) is 0 Å². The topological polar surface area (TPSA) is 88.7 Å². The van der Waals surface area contributed by atoms with Crippen molar-refractivity contribution in [3.63, 3.8) is 0 Å². The van der Waals surface area contributed by atoms with E-state index in [9.17, 15) is 14.4 Å². The molecule has 2 N–H and O–H groups in total. The van der Waals surface area contributed by atoms with Gasteiger partial charge in [-0.05, 0) is 37.1 Å². The lowest BCUT2D eigenvalue weighted by atomic mass is 10.2. The van der Waals surface area contributed by atoms with Gasteiger partial charge in [0.25, 0.3) is 11.5 Å². The Morgan fingerprint density at radius 2 is 1.97 bits per heavy atom. The molecule has 1 aromatic carbocycles. The number of rotatable bonds is 4. The first-order valence-electron chi connectivity index (χ1n) is 10.4. The number of amides is 2. The van der Waals surface area contributed by atoms with Crippen molar-refractivity contribution >= 4 is 50.7 Å². The summed E-state index contributed by atoms with van der Waals surface area (Å²) in [6.45, 7) is 6.66. The van der Waals surface area contributed by atoms with E-state index in [4.69, 9.17) is 11.6 Å². The molecule has 10 heteroatoms. The number of hydrogen-bond donors (Lipinski definition) is 2. The van der Waals surface area contributed by atoms with Gasteiger partial charge in [0.05, 0.1) is 49.8 Å². The second-order valence-electron chi connectivity index (χ2n) is 8.18. The van der Waals surface area contributed by atoms with E-state index in [1.165, 1.54) is 27.1 Å². The molecule has 1 fully saturated rings. The Morgan fingerprint density at radius 3 is 2.66 bits per heavy atom. The highest BCUT2D eigenvalue weighted by atomic mass is 35.5. The summed E-state index contributed by atoms with van der Waals surface area (Å²) in [5.41, 5.74) is 1.76. The zero-order valence-corrected chi connectivity index (χ0v) is 19.8. The summed E-state index contributed by atoms with van der Waals surface area (Å²) in [5, 5.41) is 3.69. The predicted octanol–water partition coefficient (Wildman–Crippen LogP) is 1.34. The minimum atomic E-state index is -0.364. The van der Waals surface area contributed by atoms with Crippen LogP contribution in [0.5, 0.6) is 0 Å². The Morgan fingerprint density at radius 1 is 1.25 bits per heavy atom. The molecule has 8 nitrogen and oxygen atoms in total. The van der Waals surface area contributed by atoms with Crippen LogP contribution < -0.4 is 15.8 Å². The molecule has 0 radical (unpaired) electrons. The Kier molecular flexibility index (Phi) is 6.32. The summed E-state index contributed by atoms with van der Waals surface area (Å²) in [7, 11) is 2.11. The predicted molar refractivity (Wildman–Crippen MR) is 126 cm³/mol. The number of anilines is 1. The summed E-state index contributed by atoms with van der Waals surface area (Å²) in [5.74, 6) is -0.421. The van der Waals surface area contributed by atoms with Crippen molar-refractivity contribution in [1.82, 2.24) is 14.5 Å². The molecule has 1 aliphatic rings. The van der Waals surface area contributed by atoms with Crippen molar-refractivity contribution in [3.8, 4) is 0 Å². The van der Waals surface area contributed by atoms with Gasteiger partial charge in [-0.25, -0.2) is 4.98 Å². The first-order valence-corrected chi connectivity index (χ1v) is 11.6. The molecule has 0 atom stereocenters. The lowest BCUT2D eigenvalue weighted by Gasteiger charge is -2.29. The van der Waals surface area contributed by atoms with Gasteiger partial charge in [-0.1, -0.05) is 17.7 Å². The fourth-order valence-corrected chi connectivity index (χ4v) is 5.02. The molecule has 0 aliphatic carbocycles. The third kappa shape index (κ3) is 4.41. The minimum Gasteiger partial charge on any atom is -0.334 e. The average molecular weight is 475 g/mol. The Hall–Kier alpha value is -2.75. The second kappa shape index (κ2) is 9.01. The quantitative estimate of drug-likeness (QED) is 0.597. The van der Waals surface area contributed by atoms with E-state index < -0.39 is 0 Å². The number of hydrogen-bond acceptors (Lipinski definition) is 5. The van der Waals surface area contributed by atoms with Crippen molar-refractivity contribution in [3.05, 3.63) is 55.9 Å². The SMILES string of the molecule is Cc1ccc(NC(=O)Cn2cnc3sc(C(=O)N4CC[NH+](C)CC4)c(C)c3c2=O)cc1Cl. The van der Waals surface area contributed by atoms with Crippen LogP contribution in [0.25, 0.3) is 10.2 Å². The molecule has 0 saturated carbocycles. The highest BCUT2D eigenvalue weighted by Gasteiger charge is 2.27. The van der Waals surface area contributed by atoms with E-state index in [0.717, 1.165) is 18.7 Å². The molecule has 1 aliphatic heterocycles. The maximum Gasteiger partial charge on any atom is 0.264 e. The van der Waals surface area contributed by atoms with Crippen LogP contribution in [0.3, 0.4) is 0 Å². The lowest BCUT2D eigenvalue weighted by Crippen LogP contribution is -3.12. The maximum absolute atomic E-state index is 13.1. The fourth-order valence-electron chi connectivity index (χ4n) is 3.74. The molecule has 3 aromatic rings. The maximum atomic E-state index is 13.1. The number of nitrogens with one attached hydrogen (secondary N) is 2. The van der Waals surface area contributed by atoms with Crippen LogP contribution in [0.4, 0.5) is 5.69 Å². The van der Waals surface area contributed by atoms with Gasteiger partial charge in [0.1, 0.15) is 11.4 Å². The van der Waals surface area contributed by atoms with E-state index >= 15 is 0 Å². The first-order chi connectivity index (χ1) is 15.2. The number of thiophene rings is 1. The minimum absolute atomic E-state index is 0.0575. The second-order valence-corrected chi connectivity index (χ2v) is 9.58. The van der Waals surface area contributed by atoms with Crippen molar-refractivity contribution in [2.75, 3.05) is 38.5 Å². The monoisotopic (exact) mass is 474 g/mol. The normalized spacial score (nSPS) is 14.7. The number of benzene rings is 1. The fraction of sp³-hybridized carbons (Fsp3) is 0.364. The molecule has 0 unspecified atom stereocenters. The van der Waals surface area contributed by atoms with E-state index in [1.54, 1.807) is 19.1 Å². The molecular formula is C22H25ClN5O3S+. The molecule has 32 heavy (non-hydrogen) atoms. The molecule has 0 bridgehead atoms. The van der Waals surface area contributed by atoms with E-state index in [0.29, 0.717) is 44.5 Å². The Labute approximate surface area is 194 Å². The molecule has 3 heterocycles. The number of fused-ring (bicyclic) bond motifs is 1. The molecule has 0 spiro atoms. The summed E-state index contributed by atoms with van der Waals surface area (Å²) < 4.78 is 1.26. The van der Waals surface area contributed by atoms with Crippen molar-refractivity contribution in [2.45, 2.75) is 20.4 Å². The van der Waals surface area contributed by atoms with Gasteiger partial charge >= 0.3 is 0 Å². The van der Waals surface area contributed by atoms with Crippen LogP contribution in [-0.4, -0.2) is 59.5 Å². The highest BCUT2D eigenvalue weighted by Crippen LogP contribution is 2.28. The van der Waals surface area contributed by atoms with E-state index in [2.05, 4.69) is 17.3 Å². The number of halogens is 1. The molecule has 2 aromatic heterocycles. The summed E-state index contributed by atoms with van der Waals surface area (Å²) >= 11 is 7.35. The van der Waals surface area contributed by atoms with Crippen molar-refractivity contribution < 1.29 is 14.5 Å². The van der Waals surface area contributed by atoms with Crippen LogP contribution in [0.2, 0.25) is 5.02 Å². The summed E-state index contributed by atoms with van der Waals surface area (Å²) in [6.07, 6.45) is 1.36. The van der Waals surface area contributed by atoms with Gasteiger partial charge in [0, 0.05) is 10.7 Å². The average Bonchev–Trinajstić information content (AvgIpc) is 3.10. The number of aryl methyl sites for hydroxylation is 2. The van der Waals surface area contributed by atoms with Crippen LogP contribution >= 0.6 is 22.9 Å². The molecule has 4 rings (SSSR count). The van der Waals surface area contributed by atoms with Crippen LogP contribution in [-0.2, 0) is 11.3 Å². The Bertz CT molecular complexity index is 1260. The van der Waals surface area contributed by atoms with Crippen molar-refractivity contribution in [1.29, 1.82) is 0 Å². The number of quaternary nitrogens is 1. The van der Waals surface area contributed by atoms with Gasteiger partial charge in [-0.3, -0.25) is 19.0 Å². The summed E-state index contributed by atoms with van der Waals surface area (Å²) in [6, 6.07) is 5.23. The van der Waals surface area contributed by atoms with E-state index in [-0.39, 0.29) is 23.9 Å².